The molecule has 2 N–H and O–H groups in total. The molecule has 1 amide bonds. The molecule has 0 unspecified atom stereocenters. The Morgan fingerprint density at radius 1 is 1.19 bits per heavy atom. The number of carbonyl (C=O) groups excluding carboxylic acids is 1. The number of thioether (sulfide) groups is 1. The maximum Gasteiger partial charge on any atom is 0.234 e. The van der Waals surface area contributed by atoms with E-state index in [-0.39, 0.29) is 17.5 Å². The van der Waals surface area contributed by atoms with Crippen molar-refractivity contribution >= 4 is 61.2 Å². The summed E-state index contributed by atoms with van der Waals surface area (Å²) in [5, 5.41) is 4.19. The fourth-order valence-electron chi connectivity index (χ4n) is 2.62. The molecular formula is C18H12BrFN4OS. The summed E-state index contributed by atoms with van der Waals surface area (Å²) < 4.78 is 14.5. The Kier molecular flexibility index (Phi) is 4.60. The third-order valence-corrected chi connectivity index (χ3v) is 5.30. The number of carbonyl (C=O) groups is 1. The van der Waals surface area contributed by atoms with Gasteiger partial charge in [-0.1, -0.05) is 27.7 Å². The van der Waals surface area contributed by atoms with Gasteiger partial charge in [0.2, 0.25) is 5.91 Å². The van der Waals surface area contributed by atoms with Crippen LogP contribution in [0, 0.1) is 5.82 Å². The van der Waals surface area contributed by atoms with Gasteiger partial charge in [-0.05, 0) is 42.5 Å². The van der Waals surface area contributed by atoms with E-state index in [0.717, 1.165) is 15.7 Å². The fraction of sp³-hybridized carbons (Fsp3) is 0.0556. The van der Waals surface area contributed by atoms with Crippen molar-refractivity contribution in [2.45, 2.75) is 5.03 Å². The number of hydrogen-bond acceptors (Lipinski definition) is 4. The number of hydrogen-bond donors (Lipinski definition) is 2. The Labute approximate surface area is 160 Å². The smallest absolute Gasteiger partial charge is 0.234 e. The lowest BCUT2D eigenvalue weighted by Gasteiger charge is -2.05. The molecule has 0 aliphatic heterocycles. The summed E-state index contributed by atoms with van der Waals surface area (Å²) in [5.41, 5.74) is 2.86. The monoisotopic (exact) mass is 430 g/mol. The lowest BCUT2D eigenvalue weighted by molar-refractivity contribution is -0.113. The van der Waals surface area contributed by atoms with E-state index in [4.69, 9.17) is 0 Å². The van der Waals surface area contributed by atoms with Crippen LogP contribution in [0.15, 0.2) is 58.3 Å². The van der Waals surface area contributed by atoms with Gasteiger partial charge in [-0.15, -0.1) is 0 Å². The van der Waals surface area contributed by atoms with Crippen LogP contribution >= 0.6 is 27.7 Å². The van der Waals surface area contributed by atoms with Gasteiger partial charge >= 0.3 is 0 Å². The Morgan fingerprint density at radius 3 is 2.81 bits per heavy atom. The highest BCUT2D eigenvalue weighted by atomic mass is 79.9. The van der Waals surface area contributed by atoms with Crippen LogP contribution in [0.1, 0.15) is 0 Å². The highest BCUT2D eigenvalue weighted by Gasteiger charge is 2.13. The van der Waals surface area contributed by atoms with E-state index in [1.807, 2.05) is 24.3 Å². The molecule has 2 heterocycles. The molecule has 26 heavy (non-hydrogen) atoms. The SMILES string of the molecule is O=C(CSc1ncnc2c1[nH]c1ccc(F)cc12)Nc1ccc(Br)cc1. The number of benzene rings is 2. The van der Waals surface area contributed by atoms with Gasteiger partial charge in [0.1, 0.15) is 22.7 Å². The van der Waals surface area contributed by atoms with Crippen molar-refractivity contribution in [3.63, 3.8) is 0 Å². The second kappa shape index (κ2) is 7.05. The first-order valence-electron chi connectivity index (χ1n) is 7.70. The molecule has 2 aromatic carbocycles. The van der Waals surface area contributed by atoms with Crippen LogP contribution in [0.4, 0.5) is 10.1 Å². The molecule has 0 bridgehead atoms. The zero-order valence-electron chi connectivity index (χ0n) is 13.3. The molecule has 0 saturated heterocycles. The van der Waals surface area contributed by atoms with Crippen LogP contribution in [-0.2, 0) is 4.79 Å². The van der Waals surface area contributed by atoms with Crippen LogP contribution in [0.25, 0.3) is 21.9 Å². The minimum atomic E-state index is -0.319. The number of anilines is 1. The molecule has 0 aliphatic carbocycles. The first-order chi connectivity index (χ1) is 12.6. The lowest BCUT2D eigenvalue weighted by Crippen LogP contribution is -2.14. The highest BCUT2D eigenvalue weighted by Crippen LogP contribution is 2.30. The van der Waals surface area contributed by atoms with E-state index in [1.54, 1.807) is 6.07 Å². The maximum absolute atomic E-state index is 13.5. The number of aromatic amines is 1. The van der Waals surface area contributed by atoms with E-state index in [9.17, 15) is 9.18 Å². The Hall–Kier alpha value is -2.45. The molecule has 5 nitrogen and oxygen atoms in total. The summed E-state index contributed by atoms with van der Waals surface area (Å²) in [6.45, 7) is 0. The first kappa shape index (κ1) is 17.0. The molecule has 0 fully saturated rings. The lowest BCUT2D eigenvalue weighted by atomic mass is 10.2. The predicted octanol–water partition coefficient (Wildman–Crippen LogP) is 4.74. The summed E-state index contributed by atoms with van der Waals surface area (Å²) in [4.78, 5) is 23.9. The fourth-order valence-corrected chi connectivity index (χ4v) is 3.63. The molecule has 0 aliphatic rings. The number of H-pyrrole nitrogens is 1. The molecule has 8 heteroatoms. The third kappa shape index (κ3) is 3.42. The van der Waals surface area contributed by atoms with Gasteiger partial charge in [-0.25, -0.2) is 14.4 Å². The van der Waals surface area contributed by atoms with Gasteiger partial charge in [-0.3, -0.25) is 4.79 Å². The topological polar surface area (TPSA) is 70.7 Å². The second-order valence-electron chi connectivity index (χ2n) is 5.56. The Bertz CT molecular complexity index is 1110. The molecule has 0 radical (unpaired) electrons. The number of amides is 1. The van der Waals surface area contributed by atoms with Gasteiger partial charge in [0.05, 0.1) is 11.3 Å². The van der Waals surface area contributed by atoms with Gasteiger partial charge in [-0.2, -0.15) is 0 Å². The van der Waals surface area contributed by atoms with Gasteiger partial charge < -0.3 is 10.3 Å². The molecule has 4 aromatic rings. The summed E-state index contributed by atoms with van der Waals surface area (Å²) in [6.07, 6.45) is 1.43. The van der Waals surface area contributed by atoms with Crippen molar-refractivity contribution in [3.05, 3.63) is 59.1 Å². The van der Waals surface area contributed by atoms with E-state index < -0.39 is 0 Å². The summed E-state index contributed by atoms with van der Waals surface area (Å²) >= 11 is 4.66. The van der Waals surface area contributed by atoms with E-state index in [2.05, 4.69) is 36.2 Å². The molecule has 4 rings (SSSR count). The Balaban J connectivity index is 1.54. The van der Waals surface area contributed by atoms with Crippen molar-refractivity contribution < 1.29 is 9.18 Å². The predicted molar refractivity (Wildman–Crippen MR) is 105 cm³/mol. The molecule has 0 spiro atoms. The van der Waals surface area contributed by atoms with E-state index in [0.29, 0.717) is 21.4 Å². The van der Waals surface area contributed by atoms with Crippen LogP contribution in [-0.4, -0.2) is 26.6 Å². The molecule has 2 aromatic heterocycles. The summed E-state index contributed by atoms with van der Waals surface area (Å²) in [7, 11) is 0. The molecule has 130 valence electrons. The normalized spacial score (nSPS) is 11.2. The molecule has 0 atom stereocenters. The minimum Gasteiger partial charge on any atom is -0.351 e. The van der Waals surface area contributed by atoms with E-state index >= 15 is 0 Å². The van der Waals surface area contributed by atoms with Crippen molar-refractivity contribution in [1.82, 2.24) is 15.0 Å². The number of fused-ring (bicyclic) bond motifs is 3. The molecule has 0 saturated carbocycles. The third-order valence-electron chi connectivity index (χ3n) is 3.78. The van der Waals surface area contributed by atoms with Gasteiger partial charge in [0.15, 0.2) is 0 Å². The van der Waals surface area contributed by atoms with Crippen molar-refractivity contribution in [2.24, 2.45) is 0 Å². The van der Waals surface area contributed by atoms with Crippen molar-refractivity contribution in [1.29, 1.82) is 0 Å². The largest absolute Gasteiger partial charge is 0.351 e. The number of aromatic nitrogens is 3. The molecular weight excluding hydrogens is 419 g/mol. The summed E-state index contributed by atoms with van der Waals surface area (Å²) in [6, 6.07) is 11.9. The second-order valence-corrected chi connectivity index (χ2v) is 7.44. The number of halogens is 2. The van der Waals surface area contributed by atoms with Gasteiger partial charge in [0.25, 0.3) is 0 Å². The number of nitrogens with zero attached hydrogens (tertiary/aromatic N) is 2. The van der Waals surface area contributed by atoms with E-state index in [1.165, 1.54) is 30.2 Å². The maximum atomic E-state index is 13.5. The zero-order valence-corrected chi connectivity index (χ0v) is 15.7. The average molecular weight is 431 g/mol. The highest BCUT2D eigenvalue weighted by molar-refractivity contribution is 9.10. The quantitative estimate of drug-likeness (QED) is 0.362. The standard InChI is InChI=1S/C18H12BrFN4OS/c19-10-1-4-12(5-2-10)23-15(25)8-26-18-17-16(21-9-22-18)13-7-11(20)3-6-14(13)24-17/h1-7,9,24H,8H2,(H,23,25). The van der Waals surface area contributed by atoms with Crippen LogP contribution in [0.5, 0.6) is 0 Å². The van der Waals surface area contributed by atoms with Crippen molar-refractivity contribution in [3.8, 4) is 0 Å². The first-order valence-corrected chi connectivity index (χ1v) is 9.48. The van der Waals surface area contributed by atoms with Crippen molar-refractivity contribution in [2.75, 3.05) is 11.1 Å². The number of rotatable bonds is 4. The summed E-state index contributed by atoms with van der Waals surface area (Å²) in [5.74, 6) is -0.252. The van der Waals surface area contributed by atoms with Gasteiger partial charge in [0, 0.05) is 21.1 Å². The minimum absolute atomic E-state index is 0.133. The van der Waals surface area contributed by atoms with Crippen LogP contribution < -0.4 is 5.32 Å². The van der Waals surface area contributed by atoms with Crippen LogP contribution in [0.2, 0.25) is 0 Å². The average Bonchev–Trinajstić information content (AvgIpc) is 3.00. The zero-order chi connectivity index (χ0) is 18.1. The number of nitrogens with one attached hydrogen (secondary N) is 2. The van der Waals surface area contributed by atoms with Crippen LogP contribution in [0.3, 0.4) is 0 Å². The Morgan fingerprint density at radius 2 is 2.00 bits per heavy atom.